The molecule has 2 atom stereocenters. The summed E-state index contributed by atoms with van der Waals surface area (Å²) in [6, 6.07) is 15.4. The van der Waals surface area contributed by atoms with E-state index in [9.17, 15) is 14.7 Å². The molecular formula is C24H25NO5. The summed E-state index contributed by atoms with van der Waals surface area (Å²) in [5, 5.41) is 9.59. The zero-order valence-corrected chi connectivity index (χ0v) is 16.7. The van der Waals surface area contributed by atoms with Gasteiger partial charge in [-0.25, -0.2) is 9.59 Å². The predicted octanol–water partition coefficient (Wildman–Crippen LogP) is 4.03. The minimum atomic E-state index is -1.01. The zero-order valence-electron chi connectivity index (χ0n) is 16.7. The highest BCUT2D eigenvalue weighted by atomic mass is 16.6. The van der Waals surface area contributed by atoms with Gasteiger partial charge in [0.15, 0.2) is 0 Å². The predicted molar refractivity (Wildman–Crippen MR) is 110 cm³/mol. The Labute approximate surface area is 175 Å². The second-order valence-electron chi connectivity index (χ2n) is 8.36. The number of rotatable bonds is 5. The van der Waals surface area contributed by atoms with Crippen molar-refractivity contribution in [1.82, 2.24) is 4.90 Å². The Morgan fingerprint density at radius 3 is 2.17 bits per heavy atom. The molecule has 3 aliphatic rings. The molecule has 2 aromatic rings. The van der Waals surface area contributed by atoms with Crippen molar-refractivity contribution >= 4 is 12.1 Å². The van der Waals surface area contributed by atoms with E-state index in [2.05, 4.69) is 24.3 Å². The number of carbonyl (C=O) groups excluding carboxylic acids is 1. The maximum absolute atomic E-state index is 12.8. The summed E-state index contributed by atoms with van der Waals surface area (Å²) in [5.41, 5.74) is 4.59. The van der Waals surface area contributed by atoms with Gasteiger partial charge in [-0.3, -0.25) is 4.90 Å². The molecule has 2 aliphatic carbocycles. The number of amides is 1. The Bertz CT molecular complexity index is 924. The van der Waals surface area contributed by atoms with Crippen molar-refractivity contribution in [2.45, 2.75) is 49.9 Å². The van der Waals surface area contributed by atoms with Gasteiger partial charge in [0.1, 0.15) is 12.6 Å². The van der Waals surface area contributed by atoms with Crippen LogP contribution in [0.1, 0.15) is 42.7 Å². The molecule has 1 unspecified atom stereocenters. The average Bonchev–Trinajstić information content (AvgIpc) is 3.29. The third kappa shape index (κ3) is 3.35. The van der Waals surface area contributed by atoms with Crippen LogP contribution in [0, 0.1) is 0 Å². The van der Waals surface area contributed by atoms with E-state index in [1.54, 1.807) is 0 Å². The van der Waals surface area contributed by atoms with E-state index in [0.29, 0.717) is 6.42 Å². The van der Waals surface area contributed by atoms with Crippen LogP contribution in [0.5, 0.6) is 0 Å². The molecule has 0 bridgehead atoms. The van der Waals surface area contributed by atoms with Crippen molar-refractivity contribution in [1.29, 1.82) is 0 Å². The van der Waals surface area contributed by atoms with Gasteiger partial charge in [-0.15, -0.1) is 0 Å². The lowest BCUT2D eigenvalue weighted by atomic mass is 9.96. The lowest BCUT2D eigenvalue weighted by Crippen LogP contribution is -2.41. The van der Waals surface area contributed by atoms with Gasteiger partial charge in [-0.05, 0) is 41.5 Å². The van der Waals surface area contributed by atoms with Gasteiger partial charge in [0.05, 0.1) is 18.8 Å². The highest BCUT2D eigenvalue weighted by Crippen LogP contribution is 2.44. The van der Waals surface area contributed by atoms with Crippen LogP contribution in [0.25, 0.3) is 11.1 Å². The largest absolute Gasteiger partial charge is 0.480 e. The van der Waals surface area contributed by atoms with Gasteiger partial charge in [0.2, 0.25) is 0 Å². The van der Waals surface area contributed by atoms with Crippen LogP contribution in [-0.2, 0) is 14.3 Å². The molecule has 1 aliphatic heterocycles. The number of hydrogen-bond acceptors (Lipinski definition) is 4. The SMILES string of the molecule is O=C(O)[C@@H]1CC(OC2CCC2)CN1C(=O)OCC1c2ccccc2-c2ccccc21. The fourth-order valence-corrected chi connectivity index (χ4v) is 4.79. The summed E-state index contributed by atoms with van der Waals surface area (Å²) in [4.78, 5) is 25.9. The molecule has 0 aromatic heterocycles. The van der Waals surface area contributed by atoms with Gasteiger partial charge < -0.3 is 14.6 Å². The number of carbonyl (C=O) groups is 2. The van der Waals surface area contributed by atoms with Gasteiger partial charge in [-0.2, -0.15) is 0 Å². The van der Waals surface area contributed by atoms with Crippen molar-refractivity contribution in [3.63, 3.8) is 0 Å². The van der Waals surface area contributed by atoms with Crippen molar-refractivity contribution in [3.05, 3.63) is 59.7 Å². The number of hydrogen-bond donors (Lipinski definition) is 1. The Balaban J connectivity index is 1.29. The topological polar surface area (TPSA) is 76.1 Å². The van der Waals surface area contributed by atoms with Crippen molar-refractivity contribution < 1.29 is 24.2 Å². The standard InChI is InChI=1S/C24H25NO5/c26-23(27)22-12-16(30-15-6-5-7-15)13-25(22)24(28)29-14-21-19-10-3-1-8-17(19)18-9-2-4-11-20(18)21/h1-4,8-11,15-16,21-22H,5-7,12-14H2,(H,26,27)/t16?,22-/m0/s1. The lowest BCUT2D eigenvalue weighted by Gasteiger charge is -2.28. The fraction of sp³-hybridized carbons (Fsp3) is 0.417. The summed E-state index contributed by atoms with van der Waals surface area (Å²) in [6.07, 6.45) is 2.87. The van der Waals surface area contributed by atoms with Gasteiger partial charge in [-0.1, -0.05) is 48.5 Å². The third-order valence-corrected chi connectivity index (χ3v) is 6.56. The molecule has 1 saturated heterocycles. The van der Waals surface area contributed by atoms with Crippen LogP contribution in [0.4, 0.5) is 4.79 Å². The van der Waals surface area contributed by atoms with Crippen LogP contribution in [0.2, 0.25) is 0 Å². The molecule has 1 saturated carbocycles. The van der Waals surface area contributed by atoms with E-state index in [-0.39, 0.29) is 31.3 Å². The maximum atomic E-state index is 12.8. The number of aliphatic carboxylic acids is 1. The fourth-order valence-electron chi connectivity index (χ4n) is 4.79. The minimum absolute atomic E-state index is 0.0470. The lowest BCUT2D eigenvalue weighted by molar-refractivity contribution is -0.141. The summed E-state index contributed by atoms with van der Waals surface area (Å²) < 4.78 is 11.6. The van der Waals surface area contributed by atoms with Crippen molar-refractivity contribution in [2.75, 3.05) is 13.2 Å². The van der Waals surface area contributed by atoms with E-state index < -0.39 is 18.1 Å². The van der Waals surface area contributed by atoms with E-state index >= 15 is 0 Å². The molecule has 0 radical (unpaired) electrons. The number of likely N-dealkylation sites (tertiary alicyclic amines) is 1. The molecule has 5 rings (SSSR count). The number of carboxylic acids is 1. The van der Waals surface area contributed by atoms with Crippen molar-refractivity contribution in [2.24, 2.45) is 0 Å². The highest BCUT2D eigenvalue weighted by molar-refractivity contribution is 5.81. The number of ether oxygens (including phenoxy) is 2. The number of benzene rings is 2. The van der Waals surface area contributed by atoms with Gasteiger partial charge >= 0.3 is 12.1 Å². The summed E-state index contributed by atoms with van der Waals surface area (Å²) >= 11 is 0. The van der Waals surface area contributed by atoms with E-state index in [1.165, 1.54) is 4.90 Å². The summed E-state index contributed by atoms with van der Waals surface area (Å²) in [7, 11) is 0. The number of carboxylic acid groups (broad SMARTS) is 1. The summed E-state index contributed by atoms with van der Waals surface area (Å²) in [5.74, 6) is -1.06. The molecule has 0 spiro atoms. The average molecular weight is 407 g/mol. The molecular weight excluding hydrogens is 382 g/mol. The molecule has 2 aromatic carbocycles. The van der Waals surface area contributed by atoms with Crippen LogP contribution < -0.4 is 0 Å². The molecule has 1 N–H and O–H groups in total. The first-order valence-electron chi connectivity index (χ1n) is 10.6. The molecule has 30 heavy (non-hydrogen) atoms. The first kappa shape index (κ1) is 19.1. The molecule has 156 valence electrons. The zero-order chi connectivity index (χ0) is 20.7. The normalized spacial score (nSPS) is 23.0. The smallest absolute Gasteiger partial charge is 0.410 e. The van der Waals surface area contributed by atoms with Crippen LogP contribution in [0.3, 0.4) is 0 Å². The Morgan fingerprint density at radius 2 is 1.60 bits per heavy atom. The molecule has 6 heteroatoms. The second kappa shape index (κ2) is 7.76. The minimum Gasteiger partial charge on any atom is -0.480 e. The quantitative estimate of drug-likeness (QED) is 0.810. The van der Waals surface area contributed by atoms with E-state index in [1.807, 2.05) is 24.3 Å². The summed E-state index contributed by atoms with van der Waals surface area (Å²) in [6.45, 7) is 0.452. The Hall–Kier alpha value is -2.86. The van der Waals surface area contributed by atoms with Gasteiger partial charge in [0, 0.05) is 12.3 Å². The Kier molecular flexibility index (Phi) is 4.95. The van der Waals surface area contributed by atoms with E-state index in [4.69, 9.17) is 9.47 Å². The van der Waals surface area contributed by atoms with Crippen LogP contribution in [0.15, 0.2) is 48.5 Å². The highest BCUT2D eigenvalue weighted by Gasteiger charge is 2.42. The number of fused-ring (bicyclic) bond motifs is 3. The molecule has 1 amide bonds. The third-order valence-electron chi connectivity index (χ3n) is 6.56. The monoisotopic (exact) mass is 407 g/mol. The maximum Gasteiger partial charge on any atom is 0.410 e. The number of nitrogens with zero attached hydrogens (tertiary/aromatic N) is 1. The van der Waals surface area contributed by atoms with Crippen LogP contribution in [-0.4, -0.2) is 53.5 Å². The van der Waals surface area contributed by atoms with Crippen LogP contribution >= 0.6 is 0 Å². The first-order chi connectivity index (χ1) is 14.6. The second-order valence-corrected chi connectivity index (χ2v) is 8.36. The van der Waals surface area contributed by atoms with Crippen molar-refractivity contribution in [3.8, 4) is 11.1 Å². The molecule has 1 heterocycles. The first-order valence-corrected chi connectivity index (χ1v) is 10.6. The van der Waals surface area contributed by atoms with Gasteiger partial charge in [0.25, 0.3) is 0 Å². The molecule has 2 fully saturated rings. The van der Waals surface area contributed by atoms with E-state index in [0.717, 1.165) is 41.5 Å². The molecule has 6 nitrogen and oxygen atoms in total. The Morgan fingerprint density at radius 1 is 0.967 bits per heavy atom.